The quantitative estimate of drug-likeness (QED) is 0.709. The molecule has 1 saturated carbocycles. The average molecular weight is 377 g/mol. The first-order valence-electron chi connectivity index (χ1n) is 9.88. The first-order chi connectivity index (χ1) is 13.6. The molecule has 0 bridgehead atoms. The SMILES string of the molecule is COc1cccc(NC2(c3nnnn3-c3ccc(C)cc3)CCC(C)CC2)c1. The topological polar surface area (TPSA) is 64.9 Å². The van der Waals surface area contributed by atoms with Crippen molar-refractivity contribution in [3.8, 4) is 11.4 Å². The molecule has 1 aromatic heterocycles. The van der Waals surface area contributed by atoms with Gasteiger partial charge in [0.15, 0.2) is 5.82 Å². The van der Waals surface area contributed by atoms with Gasteiger partial charge in [-0.3, -0.25) is 0 Å². The minimum absolute atomic E-state index is 0.312. The van der Waals surface area contributed by atoms with Crippen molar-refractivity contribution in [1.29, 1.82) is 0 Å². The fourth-order valence-electron chi connectivity index (χ4n) is 3.98. The lowest BCUT2D eigenvalue weighted by molar-refractivity contribution is 0.255. The van der Waals surface area contributed by atoms with E-state index in [2.05, 4.69) is 65.0 Å². The monoisotopic (exact) mass is 377 g/mol. The summed E-state index contributed by atoms with van der Waals surface area (Å²) in [7, 11) is 1.69. The van der Waals surface area contributed by atoms with Gasteiger partial charge in [-0.25, -0.2) is 0 Å². The van der Waals surface area contributed by atoms with Crippen molar-refractivity contribution in [3.63, 3.8) is 0 Å². The first-order valence-corrected chi connectivity index (χ1v) is 9.88. The van der Waals surface area contributed by atoms with E-state index in [1.807, 2.05) is 22.9 Å². The number of nitrogens with one attached hydrogen (secondary N) is 1. The summed E-state index contributed by atoms with van der Waals surface area (Å²) in [5, 5.41) is 16.6. The van der Waals surface area contributed by atoms with Crippen LogP contribution in [0.3, 0.4) is 0 Å². The molecule has 1 aliphatic carbocycles. The summed E-state index contributed by atoms with van der Waals surface area (Å²) in [5.41, 5.74) is 2.91. The molecular weight excluding hydrogens is 350 g/mol. The van der Waals surface area contributed by atoms with Crippen molar-refractivity contribution in [2.75, 3.05) is 12.4 Å². The molecule has 1 heterocycles. The summed E-state index contributed by atoms with van der Waals surface area (Å²) in [6.45, 7) is 4.40. The van der Waals surface area contributed by atoms with E-state index in [9.17, 15) is 0 Å². The van der Waals surface area contributed by atoms with Gasteiger partial charge in [0.2, 0.25) is 0 Å². The highest BCUT2D eigenvalue weighted by Crippen LogP contribution is 2.42. The number of aryl methyl sites for hydroxylation is 1. The normalized spacial score (nSPS) is 22.0. The van der Waals surface area contributed by atoms with Gasteiger partial charge >= 0.3 is 0 Å². The second-order valence-electron chi connectivity index (χ2n) is 7.87. The number of ether oxygens (including phenoxy) is 1. The summed E-state index contributed by atoms with van der Waals surface area (Å²) in [6.07, 6.45) is 4.24. The van der Waals surface area contributed by atoms with Gasteiger partial charge < -0.3 is 10.1 Å². The van der Waals surface area contributed by atoms with Crippen LogP contribution < -0.4 is 10.1 Å². The van der Waals surface area contributed by atoms with Crippen LogP contribution in [0.4, 0.5) is 5.69 Å². The smallest absolute Gasteiger partial charge is 0.181 e. The predicted octanol–water partition coefficient (Wildman–Crippen LogP) is 4.50. The van der Waals surface area contributed by atoms with Gasteiger partial charge in [-0.2, -0.15) is 4.68 Å². The zero-order valence-electron chi connectivity index (χ0n) is 16.7. The fraction of sp³-hybridized carbons (Fsp3) is 0.409. The molecule has 0 atom stereocenters. The molecule has 2 aromatic carbocycles. The molecule has 0 spiro atoms. The maximum absolute atomic E-state index is 5.40. The van der Waals surface area contributed by atoms with E-state index < -0.39 is 0 Å². The van der Waals surface area contributed by atoms with Gasteiger partial charge in [0.1, 0.15) is 5.75 Å². The maximum Gasteiger partial charge on any atom is 0.181 e. The number of hydrogen-bond donors (Lipinski definition) is 1. The molecule has 1 fully saturated rings. The lowest BCUT2D eigenvalue weighted by atomic mass is 9.76. The van der Waals surface area contributed by atoms with Gasteiger partial charge in [0.25, 0.3) is 0 Å². The molecule has 0 radical (unpaired) electrons. The Morgan fingerprint density at radius 3 is 2.57 bits per heavy atom. The number of hydrogen-bond acceptors (Lipinski definition) is 5. The Balaban J connectivity index is 1.75. The molecule has 3 aromatic rings. The number of nitrogens with zero attached hydrogens (tertiary/aromatic N) is 4. The van der Waals surface area contributed by atoms with Crippen molar-refractivity contribution in [2.24, 2.45) is 5.92 Å². The zero-order chi connectivity index (χ0) is 19.6. The molecule has 1 N–H and O–H groups in total. The van der Waals surface area contributed by atoms with Crippen LogP contribution in [-0.4, -0.2) is 27.3 Å². The third-order valence-electron chi connectivity index (χ3n) is 5.76. The van der Waals surface area contributed by atoms with Crippen LogP contribution in [0.25, 0.3) is 5.69 Å². The van der Waals surface area contributed by atoms with E-state index in [0.717, 1.165) is 48.6 Å². The molecule has 6 heteroatoms. The number of benzene rings is 2. The fourth-order valence-corrected chi connectivity index (χ4v) is 3.98. The molecule has 146 valence electrons. The Bertz CT molecular complexity index is 926. The van der Waals surface area contributed by atoms with E-state index in [1.165, 1.54) is 5.56 Å². The highest BCUT2D eigenvalue weighted by molar-refractivity contribution is 5.51. The van der Waals surface area contributed by atoms with Crippen molar-refractivity contribution in [2.45, 2.75) is 45.1 Å². The van der Waals surface area contributed by atoms with Crippen molar-refractivity contribution in [1.82, 2.24) is 20.2 Å². The minimum atomic E-state index is -0.312. The summed E-state index contributed by atoms with van der Waals surface area (Å²) in [6, 6.07) is 16.4. The van der Waals surface area contributed by atoms with Gasteiger partial charge in [0, 0.05) is 11.8 Å². The second-order valence-corrected chi connectivity index (χ2v) is 7.87. The third kappa shape index (κ3) is 3.59. The maximum atomic E-state index is 5.40. The number of methoxy groups -OCH3 is 1. The Kier molecular flexibility index (Phi) is 5.03. The Morgan fingerprint density at radius 2 is 1.86 bits per heavy atom. The highest BCUT2D eigenvalue weighted by atomic mass is 16.5. The summed E-state index contributed by atoms with van der Waals surface area (Å²) < 4.78 is 7.28. The van der Waals surface area contributed by atoms with Gasteiger partial charge in [-0.15, -0.1) is 5.10 Å². The number of tetrazole rings is 1. The lowest BCUT2D eigenvalue weighted by Gasteiger charge is -2.39. The number of anilines is 1. The van der Waals surface area contributed by atoms with Crippen LogP contribution in [-0.2, 0) is 5.54 Å². The van der Waals surface area contributed by atoms with Gasteiger partial charge in [0.05, 0.1) is 18.3 Å². The summed E-state index contributed by atoms with van der Waals surface area (Å²) in [5.74, 6) is 2.41. The molecular formula is C22H27N5O. The molecule has 0 unspecified atom stereocenters. The predicted molar refractivity (Wildman–Crippen MR) is 110 cm³/mol. The molecule has 28 heavy (non-hydrogen) atoms. The third-order valence-corrected chi connectivity index (χ3v) is 5.76. The van der Waals surface area contributed by atoms with E-state index in [0.29, 0.717) is 5.92 Å². The van der Waals surface area contributed by atoms with Crippen molar-refractivity contribution in [3.05, 3.63) is 59.9 Å². The van der Waals surface area contributed by atoms with Crippen molar-refractivity contribution >= 4 is 5.69 Å². The van der Waals surface area contributed by atoms with Crippen LogP contribution in [0.1, 0.15) is 44.0 Å². The average Bonchev–Trinajstić information content (AvgIpc) is 3.21. The van der Waals surface area contributed by atoms with E-state index >= 15 is 0 Å². The van der Waals surface area contributed by atoms with Crippen LogP contribution in [0.2, 0.25) is 0 Å². The number of aromatic nitrogens is 4. The van der Waals surface area contributed by atoms with E-state index in [1.54, 1.807) is 7.11 Å². The largest absolute Gasteiger partial charge is 0.497 e. The zero-order valence-corrected chi connectivity index (χ0v) is 16.7. The van der Waals surface area contributed by atoms with Crippen LogP contribution >= 0.6 is 0 Å². The van der Waals surface area contributed by atoms with Crippen molar-refractivity contribution < 1.29 is 4.74 Å². The van der Waals surface area contributed by atoms with Crippen LogP contribution in [0.5, 0.6) is 5.75 Å². The first kappa shape index (κ1) is 18.5. The van der Waals surface area contributed by atoms with E-state index in [4.69, 9.17) is 4.74 Å². The lowest BCUT2D eigenvalue weighted by Crippen LogP contribution is -2.41. The Hall–Kier alpha value is -2.89. The van der Waals surface area contributed by atoms with Crippen LogP contribution in [0.15, 0.2) is 48.5 Å². The highest BCUT2D eigenvalue weighted by Gasteiger charge is 2.41. The standard InChI is InChI=1S/C22H27N5O/c1-16-7-9-19(10-8-16)27-21(24-25-26-27)22(13-11-17(2)12-14-22)23-18-5-4-6-20(15-18)28-3/h4-10,15,17,23H,11-14H2,1-3H3. The molecule has 0 aliphatic heterocycles. The molecule has 6 nitrogen and oxygen atoms in total. The second kappa shape index (κ2) is 7.62. The van der Waals surface area contributed by atoms with Gasteiger partial charge in [-0.1, -0.05) is 30.7 Å². The molecule has 0 saturated heterocycles. The van der Waals surface area contributed by atoms with E-state index in [-0.39, 0.29) is 5.54 Å². The minimum Gasteiger partial charge on any atom is -0.497 e. The summed E-state index contributed by atoms with van der Waals surface area (Å²) >= 11 is 0. The van der Waals surface area contributed by atoms with Gasteiger partial charge in [-0.05, 0) is 73.2 Å². The molecule has 1 aliphatic rings. The molecule has 4 rings (SSSR count). The van der Waals surface area contributed by atoms with Crippen LogP contribution in [0, 0.1) is 12.8 Å². The molecule has 0 amide bonds. The summed E-state index contributed by atoms with van der Waals surface area (Å²) in [4.78, 5) is 0. The number of rotatable bonds is 5. The Morgan fingerprint density at radius 1 is 1.11 bits per heavy atom. The Labute approximate surface area is 165 Å².